The third kappa shape index (κ3) is 2.17. The first-order chi connectivity index (χ1) is 8.24. The Bertz CT molecular complexity index is 425. The van der Waals surface area contributed by atoms with Crippen molar-refractivity contribution in [2.24, 2.45) is 11.8 Å². The van der Waals surface area contributed by atoms with Gasteiger partial charge in [-0.3, -0.25) is 4.79 Å². The lowest BCUT2D eigenvalue weighted by Crippen LogP contribution is -2.43. The van der Waals surface area contributed by atoms with Crippen molar-refractivity contribution < 1.29 is 4.79 Å². The first-order valence-corrected chi connectivity index (χ1v) is 6.15. The van der Waals surface area contributed by atoms with Crippen LogP contribution in [0.3, 0.4) is 0 Å². The van der Waals surface area contributed by atoms with E-state index >= 15 is 0 Å². The second kappa shape index (κ2) is 4.10. The van der Waals surface area contributed by atoms with Crippen molar-refractivity contribution in [1.82, 2.24) is 25.6 Å². The summed E-state index contributed by atoms with van der Waals surface area (Å²) in [4.78, 5) is 11.8. The van der Waals surface area contributed by atoms with E-state index in [1.165, 1.54) is 6.42 Å². The Labute approximate surface area is 99.8 Å². The van der Waals surface area contributed by atoms with Crippen LogP contribution < -0.4 is 10.6 Å². The fourth-order valence-corrected chi connectivity index (χ4v) is 2.02. The quantitative estimate of drug-likeness (QED) is 0.758. The summed E-state index contributed by atoms with van der Waals surface area (Å²) in [6, 6.07) is 0.354. The predicted molar refractivity (Wildman–Crippen MR) is 61.5 cm³/mol. The molecule has 1 saturated heterocycles. The van der Waals surface area contributed by atoms with E-state index in [0.29, 0.717) is 17.7 Å². The summed E-state index contributed by atoms with van der Waals surface area (Å²) in [5.74, 6) is 1.31. The normalized spacial score (nSPS) is 27.6. The lowest BCUT2D eigenvalue weighted by atomic mass is 10.2. The highest BCUT2D eigenvalue weighted by molar-refractivity contribution is 5.91. The van der Waals surface area contributed by atoms with Crippen LogP contribution in [-0.4, -0.2) is 40.5 Å². The standard InChI is InChI=1S/C11H17N5O/c1-7-2-8(7)3-13-11(17)10-6-16(15-14-10)9-4-12-5-9/h6-9,12H,2-5H2,1H3,(H,13,17). The molecule has 1 aliphatic carbocycles. The Morgan fingerprint density at radius 1 is 1.65 bits per heavy atom. The highest BCUT2D eigenvalue weighted by Gasteiger charge is 2.32. The van der Waals surface area contributed by atoms with Crippen molar-refractivity contribution in [3.05, 3.63) is 11.9 Å². The van der Waals surface area contributed by atoms with Crippen LogP contribution >= 0.6 is 0 Å². The summed E-state index contributed by atoms with van der Waals surface area (Å²) in [6.07, 6.45) is 2.96. The average Bonchev–Trinajstić information content (AvgIpc) is 2.75. The molecule has 2 N–H and O–H groups in total. The zero-order valence-electron chi connectivity index (χ0n) is 9.89. The summed E-state index contributed by atoms with van der Waals surface area (Å²) in [5, 5.41) is 14.0. The van der Waals surface area contributed by atoms with E-state index < -0.39 is 0 Å². The Morgan fingerprint density at radius 2 is 2.41 bits per heavy atom. The van der Waals surface area contributed by atoms with Crippen molar-refractivity contribution in [3.8, 4) is 0 Å². The van der Waals surface area contributed by atoms with Gasteiger partial charge in [0.05, 0.1) is 12.2 Å². The monoisotopic (exact) mass is 235 g/mol. The van der Waals surface area contributed by atoms with Gasteiger partial charge in [-0.25, -0.2) is 4.68 Å². The van der Waals surface area contributed by atoms with E-state index in [-0.39, 0.29) is 5.91 Å². The van der Waals surface area contributed by atoms with Gasteiger partial charge in [0.25, 0.3) is 5.91 Å². The van der Waals surface area contributed by atoms with Crippen LogP contribution in [0, 0.1) is 11.8 Å². The second-order valence-corrected chi connectivity index (χ2v) is 5.08. The molecule has 2 unspecified atom stereocenters. The number of nitrogens with zero attached hydrogens (tertiary/aromatic N) is 3. The van der Waals surface area contributed by atoms with Gasteiger partial charge in [-0.2, -0.15) is 0 Å². The zero-order chi connectivity index (χ0) is 11.8. The molecule has 17 heavy (non-hydrogen) atoms. The van der Waals surface area contributed by atoms with Gasteiger partial charge in [0, 0.05) is 19.6 Å². The van der Waals surface area contributed by atoms with Gasteiger partial charge in [-0.05, 0) is 18.3 Å². The van der Waals surface area contributed by atoms with E-state index in [1.54, 1.807) is 10.9 Å². The Hall–Kier alpha value is -1.43. The lowest BCUT2D eigenvalue weighted by molar-refractivity contribution is 0.0946. The van der Waals surface area contributed by atoms with Crippen LogP contribution in [0.1, 0.15) is 29.9 Å². The topological polar surface area (TPSA) is 71.8 Å². The number of hydrogen-bond acceptors (Lipinski definition) is 4. The Morgan fingerprint density at radius 3 is 3.00 bits per heavy atom. The van der Waals surface area contributed by atoms with Crippen LogP contribution in [0.25, 0.3) is 0 Å². The minimum Gasteiger partial charge on any atom is -0.350 e. The number of rotatable bonds is 4. The number of amides is 1. The van der Waals surface area contributed by atoms with E-state index in [4.69, 9.17) is 0 Å². The minimum absolute atomic E-state index is 0.109. The summed E-state index contributed by atoms with van der Waals surface area (Å²) in [7, 11) is 0. The molecule has 1 aliphatic heterocycles. The summed E-state index contributed by atoms with van der Waals surface area (Å²) in [6.45, 7) is 4.78. The maximum atomic E-state index is 11.8. The SMILES string of the molecule is CC1CC1CNC(=O)c1cn(C2CNC2)nn1. The molecule has 2 atom stereocenters. The van der Waals surface area contributed by atoms with Crippen molar-refractivity contribution in [2.45, 2.75) is 19.4 Å². The Kier molecular flexibility index (Phi) is 2.58. The third-order valence-corrected chi connectivity index (χ3v) is 3.68. The van der Waals surface area contributed by atoms with Gasteiger partial charge in [0.15, 0.2) is 5.69 Å². The van der Waals surface area contributed by atoms with Crippen molar-refractivity contribution >= 4 is 5.91 Å². The van der Waals surface area contributed by atoms with Crippen LogP contribution in [-0.2, 0) is 0 Å². The van der Waals surface area contributed by atoms with Crippen molar-refractivity contribution in [1.29, 1.82) is 0 Å². The number of hydrogen-bond donors (Lipinski definition) is 2. The van der Waals surface area contributed by atoms with Crippen LogP contribution in [0.15, 0.2) is 6.20 Å². The largest absolute Gasteiger partial charge is 0.350 e. The molecule has 3 rings (SSSR count). The van der Waals surface area contributed by atoms with Crippen LogP contribution in [0.5, 0.6) is 0 Å². The van der Waals surface area contributed by atoms with Crippen molar-refractivity contribution in [2.75, 3.05) is 19.6 Å². The van der Waals surface area contributed by atoms with Gasteiger partial charge >= 0.3 is 0 Å². The molecule has 92 valence electrons. The molecule has 6 heteroatoms. The smallest absolute Gasteiger partial charge is 0.273 e. The lowest BCUT2D eigenvalue weighted by Gasteiger charge is -2.26. The van der Waals surface area contributed by atoms with E-state index in [9.17, 15) is 4.79 Å². The zero-order valence-corrected chi connectivity index (χ0v) is 9.89. The summed E-state index contributed by atoms with van der Waals surface area (Å²) >= 11 is 0. The molecule has 1 amide bonds. The summed E-state index contributed by atoms with van der Waals surface area (Å²) < 4.78 is 1.77. The molecule has 0 radical (unpaired) electrons. The van der Waals surface area contributed by atoms with E-state index in [2.05, 4.69) is 27.9 Å². The third-order valence-electron chi connectivity index (χ3n) is 3.68. The molecule has 1 aromatic rings. The highest BCUT2D eigenvalue weighted by atomic mass is 16.2. The fraction of sp³-hybridized carbons (Fsp3) is 0.727. The molecule has 0 bridgehead atoms. The van der Waals surface area contributed by atoms with Gasteiger partial charge in [0.1, 0.15) is 0 Å². The second-order valence-electron chi connectivity index (χ2n) is 5.08. The number of carbonyl (C=O) groups is 1. The highest BCUT2D eigenvalue weighted by Crippen LogP contribution is 2.36. The fourth-order valence-electron chi connectivity index (χ4n) is 2.02. The first kappa shape index (κ1) is 10.7. The first-order valence-electron chi connectivity index (χ1n) is 6.15. The number of aromatic nitrogens is 3. The van der Waals surface area contributed by atoms with E-state index in [0.717, 1.165) is 25.6 Å². The maximum absolute atomic E-state index is 11.8. The summed E-state index contributed by atoms with van der Waals surface area (Å²) in [5.41, 5.74) is 0.421. The molecule has 2 heterocycles. The Balaban J connectivity index is 1.55. The van der Waals surface area contributed by atoms with Crippen LogP contribution in [0.4, 0.5) is 0 Å². The van der Waals surface area contributed by atoms with Crippen LogP contribution in [0.2, 0.25) is 0 Å². The molecular formula is C11H17N5O. The molecule has 2 fully saturated rings. The molecule has 2 aliphatic rings. The maximum Gasteiger partial charge on any atom is 0.273 e. The molecular weight excluding hydrogens is 218 g/mol. The number of nitrogens with one attached hydrogen (secondary N) is 2. The molecule has 1 aromatic heterocycles. The van der Waals surface area contributed by atoms with Crippen molar-refractivity contribution in [3.63, 3.8) is 0 Å². The van der Waals surface area contributed by atoms with Gasteiger partial charge < -0.3 is 10.6 Å². The molecule has 0 aromatic carbocycles. The number of carbonyl (C=O) groups excluding carboxylic acids is 1. The van der Waals surface area contributed by atoms with Gasteiger partial charge in [-0.15, -0.1) is 5.10 Å². The molecule has 1 saturated carbocycles. The van der Waals surface area contributed by atoms with Gasteiger partial charge in [0.2, 0.25) is 0 Å². The molecule has 6 nitrogen and oxygen atoms in total. The predicted octanol–water partition coefficient (Wildman–Crippen LogP) is -0.192. The minimum atomic E-state index is -0.109. The average molecular weight is 235 g/mol. The molecule has 0 spiro atoms. The van der Waals surface area contributed by atoms with Gasteiger partial charge in [-0.1, -0.05) is 12.1 Å². The van der Waals surface area contributed by atoms with E-state index in [1.807, 2.05) is 0 Å².